The molecule has 2 rings (SSSR count). The summed E-state index contributed by atoms with van der Waals surface area (Å²) in [5.41, 5.74) is 10.4. The number of benzene rings is 2. The Morgan fingerprint density at radius 3 is 2.37 bits per heavy atom. The van der Waals surface area contributed by atoms with Crippen molar-refractivity contribution in [1.29, 1.82) is 0 Å². The van der Waals surface area contributed by atoms with E-state index in [0.717, 1.165) is 16.7 Å². The lowest BCUT2D eigenvalue weighted by Gasteiger charge is -2.10. The number of aryl methyl sites for hydroxylation is 3. The average Bonchev–Trinajstić information content (AvgIpc) is 2.36. The van der Waals surface area contributed by atoms with E-state index in [1.54, 1.807) is 6.07 Å². The van der Waals surface area contributed by atoms with Gasteiger partial charge in [0, 0.05) is 21.8 Å². The molecular formula is C16H16ClNO. The lowest BCUT2D eigenvalue weighted by atomic mass is 9.95. The van der Waals surface area contributed by atoms with Gasteiger partial charge in [0.05, 0.1) is 0 Å². The number of rotatable bonds is 2. The van der Waals surface area contributed by atoms with Crippen molar-refractivity contribution < 1.29 is 4.79 Å². The van der Waals surface area contributed by atoms with E-state index in [9.17, 15) is 4.79 Å². The van der Waals surface area contributed by atoms with E-state index in [1.165, 1.54) is 0 Å². The molecule has 2 aromatic carbocycles. The zero-order valence-electron chi connectivity index (χ0n) is 11.3. The van der Waals surface area contributed by atoms with Crippen LogP contribution in [0.15, 0.2) is 30.3 Å². The highest BCUT2D eigenvalue weighted by Gasteiger charge is 2.16. The normalized spacial score (nSPS) is 10.5. The van der Waals surface area contributed by atoms with Crippen molar-refractivity contribution in [1.82, 2.24) is 0 Å². The van der Waals surface area contributed by atoms with Gasteiger partial charge in [-0.2, -0.15) is 0 Å². The predicted molar refractivity (Wildman–Crippen MR) is 79.9 cm³/mol. The largest absolute Gasteiger partial charge is 0.398 e. The second-order valence-electron chi connectivity index (χ2n) is 4.84. The quantitative estimate of drug-likeness (QED) is 0.662. The van der Waals surface area contributed by atoms with E-state index in [1.807, 2.05) is 45.0 Å². The molecule has 0 saturated heterocycles. The van der Waals surface area contributed by atoms with Crippen LogP contribution < -0.4 is 5.73 Å². The number of carbonyl (C=O) groups excluding carboxylic acids is 1. The third-order valence-corrected chi connectivity index (χ3v) is 3.61. The Morgan fingerprint density at radius 2 is 1.68 bits per heavy atom. The van der Waals surface area contributed by atoms with Gasteiger partial charge < -0.3 is 5.73 Å². The van der Waals surface area contributed by atoms with Crippen LogP contribution in [0.1, 0.15) is 32.6 Å². The van der Waals surface area contributed by atoms with Crippen LogP contribution in [0.25, 0.3) is 0 Å². The smallest absolute Gasteiger partial charge is 0.195 e. The molecule has 2 aromatic rings. The van der Waals surface area contributed by atoms with E-state index < -0.39 is 0 Å². The van der Waals surface area contributed by atoms with Gasteiger partial charge in [0.1, 0.15) is 0 Å². The molecule has 98 valence electrons. The Bertz CT molecular complexity index is 662. The summed E-state index contributed by atoms with van der Waals surface area (Å²) in [5.74, 6) is -0.0570. The Labute approximate surface area is 118 Å². The number of hydrogen-bond donors (Lipinski definition) is 1. The predicted octanol–water partition coefficient (Wildman–Crippen LogP) is 4.08. The van der Waals surface area contributed by atoms with Gasteiger partial charge in [-0.05, 0) is 56.2 Å². The van der Waals surface area contributed by atoms with Crippen molar-refractivity contribution in [3.05, 3.63) is 63.2 Å². The van der Waals surface area contributed by atoms with Crippen molar-refractivity contribution in [2.24, 2.45) is 0 Å². The van der Waals surface area contributed by atoms with Crippen molar-refractivity contribution in [3.8, 4) is 0 Å². The van der Waals surface area contributed by atoms with E-state index in [0.29, 0.717) is 21.8 Å². The molecule has 0 amide bonds. The van der Waals surface area contributed by atoms with Crippen LogP contribution in [0.2, 0.25) is 5.02 Å². The molecule has 0 bridgehead atoms. The molecule has 2 nitrogen and oxygen atoms in total. The minimum Gasteiger partial charge on any atom is -0.398 e. The number of carbonyl (C=O) groups is 1. The monoisotopic (exact) mass is 273 g/mol. The molecular weight excluding hydrogens is 258 g/mol. The number of nitrogen functional groups attached to an aromatic ring is 1. The molecule has 19 heavy (non-hydrogen) atoms. The van der Waals surface area contributed by atoms with Crippen LogP contribution in [0.3, 0.4) is 0 Å². The molecule has 0 atom stereocenters. The van der Waals surface area contributed by atoms with Gasteiger partial charge in [-0.1, -0.05) is 23.2 Å². The zero-order valence-corrected chi connectivity index (χ0v) is 12.0. The molecule has 2 N–H and O–H groups in total. The van der Waals surface area contributed by atoms with Gasteiger partial charge in [-0.25, -0.2) is 0 Å². The standard InChI is InChI=1S/C16H16ClNO/c1-9-4-5-15(18)13(6-9)16(19)12-7-11(3)14(17)8-10(12)2/h4-8H,18H2,1-3H3. The molecule has 3 heteroatoms. The number of halogens is 1. The zero-order chi connectivity index (χ0) is 14.2. The number of hydrogen-bond acceptors (Lipinski definition) is 2. The summed E-state index contributed by atoms with van der Waals surface area (Å²) < 4.78 is 0. The van der Waals surface area contributed by atoms with Gasteiger partial charge in [0.2, 0.25) is 0 Å². The van der Waals surface area contributed by atoms with Crippen LogP contribution in [-0.4, -0.2) is 5.78 Å². The molecule has 0 spiro atoms. The van der Waals surface area contributed by atoms with Crippen molar-refractivity contribution in [2.75, 3.05) is 5.73 Å². The maximum atomic E-state index is 12.6. The van der Waals surface area contributed by atoms with Crippen LogP contribution in [0, 0.1) is 20.8 Å². The number of anilines is 1. The third-order valence-electron chi connectivity index (χ3n) is 3.20. The molecule has 0 aliphatic rings. The number of ketones is 1. The lowest BCUT2D eigenvalue weighted by Crippen LogP contribution is -2.08. The molecule has 0 radical (unpaired) electrons. The van der Waals surface area contributed by atoms with Crippen molar-refractivity contribution >= 4 is 23.1 Å². The fourth-order valence-electron chi connectivity index (χ4n) is 2.04. The molecule has 0 saturated carbocycles. The summed E-state index contributed by atoms with van der Waals surface area (Å²) in [7, 11) is 0. The Morgan fingerprint density at radius 1 is 1.00 bits per heavy atom. The van der Waals surface area contributed by atoms with E-state index >= 15 is 0 Å². The maximum Gasteiger partial charge on any atom is 0.195 e. The van der Waals surface area contributed by atoms with Gasteiger partial charge in [-0.15, -0.1) is 0 Å². The Kier molecular flexibility index (Phi) is 3.63. The number of nitrogens with two attached hydrogens (primary N) is 1. The van der Waals surface area contributed by atoms with E-state index in [-0.39, 0.29) is 5.78 Å². The van der Waals surface area contributed by atoms with Gasteiger partial charge in [0.25, 0.3) is 0 Å². The summed E-state index contributed by atoms with van der Waals surface area (Å²) >= 11 is 6.06. The highest BCUT2D eigenvalue weighted by atomic mass is 35.5. The second kappa shape index (κ2) is 5.06. The SMILES string of the molecule is Cc1ccc(N)c(C(=O)c2cc(C)c(Cl)cc2C)c1. The molecule has 0 unspecified atom stereocenters. The summed E-state index contributed by atoms with van der Waals surface area (Å²) in [5, 5.41) is 0.672. The Hall–Kier alpha value is -1.80. The second-order valence-corrected chi connectivity index (χ2v) is 5.24. The van der Waals surface area contributed by atoms with Gasteiger partial charge >= 0.3 is 0 Å². The molecule has 0 aliphatic heterocycles. The molecule has 0 heterocycles. The highest BCUT2D eigenvalue weighted by molar-refractivity contribution is 6.31. The first kappa shape index (κ1) is 13.6. The van der Waals surface area contributed by atoms with Crippen LogP contribution >= 0.6 is 11.6 Å². The minimum atomic E-state index is -0.0570. The van der Waals surface area contributed by atoms with Gasteiger partial charge in [0.15, 0.2) is 5.78 Å². The molecule has 0 fully saturated rings. The fourth-order valence-corrected chi connectivity index (χ4v) is 2.26. The lowest BCUT2D eigenvalue weighted by molar-refractivity contribution is 0.103. The third kappa shape index (κ3) is 2.64. The summed E-state index contributed by atoms with van der Waals surface area (Å²) in [6.45, 7) is 5.71. The fraction of sp³-hybridized carbons (Fsp3) is 0.188. The van der Waals surface area contributed by atoms with Crippen molar-refractivity contribution in [3.63, 3.8) is 0 Å². The van der Waals surface area contributed by atoms with Crippen LogP contribution in [0.4, 0.5) is 5.69 Å². The minimum absolute atomic E-state index is 0.0570. The summed E-state index contributed by atoms with van der Waals surface area (Å²) in [4.78, 5) is 12.6. The van der Waals surface area contributed by atoms with Gasteiger partial charge in [-0.3, -0.25) is 4.79 Å². The highest BCUT2D eigenvalue weighted by Crippen LogP contribution is 2.25. The molecule has 0 aromatic heterocycles. The molecule has 0 aliphatic carbocycles. The summed E-state index contributed by atoms with van der Waals surface area (Å²) in [6.07, 6.45) is 0. The maximum absolute atomic E-state index is 12.6. The van der Waals surface area contributed by atoms with E-state index in [4.69, 9.17) is 17.3 Å². The van der Waals surface area contributed by atoms with Crippen LogP contribution in [0.5, 0.6) is 0 Å². The first-order valence-electron chi connectivity index (χ1n) is 6.07. The topological polar surface area (TPSA) is 43.1 Å². The Balaban J connectivity index is 2.56. The van der Waals surface area contributed by atoms with E-state index in [2.05, 4.69) is 0 Å². The van der Waals surface area contributed by atoms with Crippen LogP contribution in [-0.2, 0) is 0 Å². The first-order valence-corrected chi connectivity index (χ1v) is 6.45. The van der Waals surface area contributed by atoms with Crippen molar-refractivity contribution in [2.45, 2.75) is 20.8 Å². The first-order chi connectivity index (χ1) is 8.90. The summed E-state index contributed by atoms with van der Waals surface area (Å²) in [6, 6.07) is 9.12. The average molecular weight is 274 g/mol.